The zero-order valence-corrected chi connectivity index (χ0v) is 10.7. The van der Waals surface area contributed by atoms with Gasteiger partial charge in [-0.05, 0) is 25.5 Å². The summed E-state index contributed by atoms with van der Waals surface area (Å²) in [7, 11) is 1.58. The van der Waals surface area contributed by atoms with Gasteiger partial charge in [-0.3, -0.25) is 0 Å². The van der Waals surface area contributed by atoms with Gasteiger partial charge in [-0.2, -0.15) is 13.2 Å². The lowest BCUT2D eigenvalue weighted by Gasteiger charge is -2.21. The van der Waals surface area contributed by atoms with Crippen molar-refractivity contribution < 1.29 is 17.9 Å². The molecule has 1 rings (SSSR count). The summed E-state index contributed by atoms with van der Waals surface area (Å²) >= 11 is 0. The summed E-state index contributed by atoms with van der Waals surface area (Å²) in [5.74, 6) is 0. The monoisotopic (exact) mass is 261 g/mol. The SMILES string of the molecule is COC(C)C(C)NCc1ccccc1C(F)(F)F. The lowest BCUT2D eigenvalue weighted by atomic mass is 10.1. The van der Waals surface area contributed by atoms with Crippen LogP contribution >= 0.6 is 0 Å². The van der Waals surface area contributed by atoms with Crippen molar-refractivity contribution in [2.75, 3.05) is 7.11 Å². The van der Waals surface area contributed by atoms with E-state index in [4.69, 9.17) is 4.74 Å². The number of hydrogen-bond donors (Lipinski definition) is 1. The number of nitrogens with one attached hydrogen (secondary N) is 1. The molecular weight excluding hydrogens is 243 g/mol. The molecule has 0 heterocycles. The van der Waals surface area contributed by atoms with Gasteiger partial charge in [-0.15, -0.1) is 0 Å². The maximum absolute atomic E-state index is 12.7. The molecule has 0 spiro atoms. The lowest BCUT2D eigenvalue weighted by molar-refractivity contribution is -0.138. The summed E-state index contributed by atoms with van der Waals surface area (Å²) in [5, 5.41) is 3.04. The molecule has 0 aliphatic heterocycles. The largest absolute Gasteiger partial charge is 0.416 e. The average molecular weight is 261 g/mol. The molecule has 0 amide bonds. The third-order valence-electron chi connectivity index (χ3n) is 3.01. The van der Waals surface area contributed by atoms with Gasteiger partial charge in [0.1, 0.15) is 0 Å². The fourth-order valence-electron chi connectivity index (χ4n) is 1.59. The number of ether oxygens (including phenoxy) is 1. The fraction of sp³-hybridized carbons (Fsp3) is 0.538. The van der Waals surface area contributed by atoms with E-state index in [-0.39, 0.29) is 24.3 Å². The van der Waals surface area contributed by atoms with Crippen LogP contribution in [0.25, 0.3) is 0 Å². The Labute approximate surface area is 105 Å². The lowest BCUT2D eigenvalue weighted by Crippen LogP contribution is -2.36. The van der Waals surface area contributed by atoms with Crippen molar-refractivity contribution in [3.63, 3.8) is 0 Å². The summed E-state index contributed by atoms with van der Waals surface area (Å²) in [6.07, 6.45) is -4.36. The first-order chi connectivity index (χ1) is 8.36. The number of alkyl halides is 3. The van der Waals surface area contributed by atoms with Crippen molar-refractivity contribution >= 4 is 0 Å². The highest BCUT2D eigenvalue weighted by molar-refractivity contribution is 5.29. The average Bonchev–Trinajstić information content (AvgIpc) is 2.34. The molecule has 1 aromatic rings. The Morgan fingerprint density at radius 2 is 1.83 bits per heavy atom. The highest BCUT2D eigenvalue weighted by atomic mass is 19.4. The molecule has 0 fully saturated rings. The maximum Gasteiger partial charge on any atom is 0.416 e. The molecule has 2 unspecified atom stereocenters. The van der Waals surface area contributed by atoms with Gasteiger partial charge in [0, 0.05) is 19.7 Å². The normalized spacial score (nSPS) is 15.4. The third kappa shape index (κ3) is 3.99. The molecule has 1 N–H and O–H groups in total. The van der Waals surface area contributed by atoms with Crippen LogP contribution in [0, 0.1) is 0 Å². The summed E-state index contributed by atoms with van der Waals surface area (Å²) in [4.78, 5) is 0. The van der Waals surface area contributed by atoms with Crippen molar-refractivity contribution in [1.29, 1.82) is 0 Å². The zero-order valence-electron chi connectivity index (χ0n) is 10.7. The van der Waals surface area contributed by atoms with Crippen LogP contribution in [-0.4, -0.2) is 19.3 Å². The number of benzene rings is 1. The summed E-state index contributed by atoms with van der Waals surface area (Å²) in [5.41, 5.74) is -0.338. The second kappa shape index (κ2) is 6.20. The molecule has 18 heavy (non-hydrogen) atoms. The molecule has 0 saturated carbocycles. The van der Waals surface area contributed by atoms with Gasteiger partial charge < -0.3 is 10.1 Å². The summed E-state index contributed by atoms with van der Waals surface area (Å²) < 4.78 is 43.3. The van der Waals surface area contributed by atoms with Gasteiger partial charge in [-0.1, -0.05) is 18.2 Å². The molecule has 5 heteroatoms. The minimum atomic E-state index is -4.31. The number of halogens is 3. The fourth-order valence-corrected chi connectivity index (χ4v) is 1.59. The highest BCUT2D eigenvalue weighted by Gasteiger charge is 2.32. The Morgan fingerprint density at radius 1 is 1.22 bits per heavy atom. The molecule has 0 aliphatic carbocycles. The summed E-state index contributed by atoms with van der Waals surface area (Å²) in [6.45, 7) is 3.92. The van der Waals surface area contributed by atoms with Crippen molar-refractivity contribution in [1.82, 2.24) is 5.32 Å². The van der Waals surface area contributed by atoms with Crippen LogP contribution in [0.3, 0.4) is 0 Å². The standard InChI is InChI=1S/C13H18F3NO/c1-9(10(2)18-3)17-8-11-6-4-5-7-12(11)13(14,15)16/h4-7,9-10,17H,8H2,1-3H3. The summed E-state index contributed by atoms with van der Waals surface area (Å²) in [6, 6.07) is 5.57. The van der Waals surface area contributed by atoms with Crippen LogP contribution in [-0.2, 0) is 17.5 Å². The van der Waals surface area contributed by atoms with Crippen LogP contribution < -0.4 is 5.32 Å². The Balaban J connectivity index is 2.74. The first-order valence-corrected chi connectivity index (χ1v) is 5.77. The molecule has 0 radical (unpaired) electrons. The van der Waals surface area contributed by atoms with Gasteiger partial charge in [0.15, 0.2) is 0 Å². The van der Waals surface area contributed by atoms with Gasteiger partial charge in [0.25, 0.3) is 0 Å². The minimum Gasteiger partial charge on any atom is -0.380 e. The third-order valence-corrected chi connectivity index (χ3v) is 3.01. The molecule has 2 atom stereocenters. The van der Waals surface area contributed by atoms with E-state index in [0.29, 0.717) is 0 Å². The predicted octanol–water partition coefficient (Wildman–Crippen LogP) is 3.22. The van der Waals surface area contributed by atoms with E-state index in [1.165, 1.54) is 12.1 Å². The van der Waals surface area contributed by atoms with Crippen molar-refractivity contribution in [2.45, 2.75) is 38.7 Å². The van der Waals surface area contributed by atoms with Crippen molar-refractivity contribution in [2.24, 2.45) is 0 Å². The van der Waals surface area contributed by atoms with Crippen LogP contribution in [0.1, 0.15) is 25.0 Å². The van der Waals surface area contributed by atoms with E-state index in [0.717, 1.165) is 6.07 Å². The van der Waals surface area contributed by atoms with Crippen LogP contribution in [0.4, 0.5) is 13.2 Å². The predicted molar refractivity (Wildman–Crippen MR) is 64.2 cm³/mol. The molecular formula is C13H18F3NO. The molecule has 2 nitrogen and oxygen atoms in total. The van der Waals surface area contributed by atoms with Crippen LogP contribution in [0.5, 0.6) is 0 Å². The molecule has 0 aliphatic rings. The second-order valence-electron chi connectivity index (χ2n) is 4.27. The van der Waals surface area contributed by atoms with Gasteiger partial charge >= 0.3 is 6.18 Å². The van der Waals surface area contributed by atoms with E-state index >= 15 is 0 Å². The van der Waals surface area contributed by atoms with Gasteiger partial charge in [0.2, 0.25) is 0 Å². The Morgan fingerprint density at radius 3 is 2.39 bits per heavy atom. The smallest absolute Gasteiger partial charge is 0.380 e. The zero-order chi connectivity index (χ0) is 13.8. The van der Waals surface area contributed by atoms with E-state index in [9.17, 15) is 13.2 Å². The quantitative estimate of drug-likeness (QED) is 0.878. The van der Waals surface area contributed by atoms with E-state index in [2.05, 4.69) is 5.32 Å². The van der Waals surface area contributed by atoms with Crippen molar-refractivity contribution in [3.05, 3.63) is 35.4 Å². The van der Waals surface area contributed by atoms with E-state index in [1.54, 1.807) is 13.2 Å². The Hall–Kier alpha value is -1.07. The van der Waals surface area contributed by atoms with Gasteiger partial charge in [0.05, 0.1) is 11.7 Å². The van der Waals surface area contributed by atoms with Crippen LogP contribution in [0.15, 0.2) is 24.3 Å². The first-order valence-electron chi connectivity index (χ1n) is 5.77. The van der Waals surface area contributed by atoms with Crippen LogP contribution in [0.2, 0.25) is 0 Å². The van der Waals surface area contributed by atoms with E-state index < -0.39 is 11.7 Å². The highest BCUT2D eigenvalue weighted by Crippen LogP contribution is 2.31. The Bertz CT molecular complexity index is 379. The Kier molecular flexibility index (Phi) is 5.16. The topological polar surface area (TPSA) is 21.3 Å². The molecule has 0 aromatic heterocycles. The minimum absolute atomic E-state index is 0.0173. The molecule has 102 valence electrons. The molecule has 1 aromatic carbocycles. The second-order valence-corrected chi connectivity index (χ2v) is 4.27. The maximum atomic E-state index is 12.7. The molecule has 0 bridgehead atoms. The van der Waals surface area contributed by atoms with E-state index in [1.807, 2.05) is 13.8 Å². The van der Waals surface area contributed by atoms with Gasteiger partial charge in [-0.25, -0.2) is 0 Å². The van der Waals surface area contributed by atoms with Crippen molar-refractivity contribution in [3.8, 4) is 0 Å². The number of hydrogen-bond acceptors (Lipinski definition) is 2. The first kappa shape index (κ1) is 15.0. The number of rotatable bonds is 5. The number of methoxy groups -OCH3 is 1. The molecule has 0 saturated heterocycles.